The Morgan fingerprint density at radius 1 is 1.12 bits per heavy atom. The van der Waals surface area contributed by atoms with Crippen molar-refractivity contribution in [2.75, 3.05) is 0 Å². The molecule has 0 saturated carbocycles. The fourth-order valence-electron chi connectivity index (χ4n) is 1.16. The first-order chi connectivity index (χ1) is 7.75. The van der Waals surface area contributed by atoms with Gasteiger partial charge in [-0.25, -0.2) is 0 Å². The largest absolute Gasteiger partial charge is 0.416 e. The van der Waals surface area contributed by atoms with E-state index in [0.29, 0.717) is 6.07 Å². The van der Waals surface area contributed by atoms with E-state index in [1.165, 1.54) is 0 Å². The van der Waals surface area contributed by atoms with Crippen LogP contribution in [0.3, 0.4) is 0 Å². The number of halogens is 3. The summed E-state index contributed by atoms with van der Waals surface area (Å²) in [6, 6.07) is 2.46. The second-order valence-electron chi connectivity index (χ2n) is 3.18. The Bertz CT molecular complexity index is 482. The number of carbonyl (C=O) groups excluding carboxylic acids is 1. The van der Waals surface area contributed by atoms with Crippen LogP contribution in [-0.2, 0) is 6.18 Å². The minimum absolute atomic E-state index is 0.115. The van der Waals surface area contributed by atoms with Gasteiger partial charge in [-0.05, 0) is 18.2 Å². The molecule has 8 heteroatoms. The van der Waals surface area contributed by atoms with Gasteiger partial charge in [0.1, 0.15) is 5.84 Å². The van der Waals surface area contributed by atoms with Gasteiger partial charge in [-0.2, -0.15) is 18.3 Å². The van der Waals surface area contributed by atoms with Crippen molar-refractivity contribution in [3.05, 3.63) is 34.9 Å². The topological polar surface area (TPSA) is 107 Å². The maximum absolute atomic E-state index is 12.5. The van der Waals surface area contributed by atoms with Crippen molar-refractivity contribution in [1.82, 2.24) is 0 Å². The first-order valence-corrected chi connectivity index (χ1v) is 4.31. The lowest BCUT2D eigenvalue weighted by atomic mass is 10.0. The molecule has 0 fully saturated rings. The van der Waals surface area contributed by atoms with Crippen molar-refractivity contribution in [3.8, 4) is 0 Å². The molecular weight excluding hydrogens is 237 g/mol. The van der Waals surface area contributed by atoms with Crippen LogP contribution in [0.15, 0.2) is 23.3 Å². The third-order valence-corrected chi connectivity index (χ3v) is 1.98. The summed E-state index contributed by atoms with van der Waals surface area (Å²) in [5.41, 5.74) is 8.72. The van der Waals surface area contributed by atoms with Crippen LogP contribution >= 0.6 is 0 Å². The van der Waals surface area contributed by atoms with Crippen LogP contribution < -0.4 is 17.3 Å². The predicted octanol–water partition coefficient (Wildman–Crippen LogP) is 0.383. The van der Waals surface area contributed by atoms with Crippen LogP contribution in [0.5, 0.6) is 0 Å². The number of hydrazone groups is 1. The van der Waals surface area contributed by atoms with Crippen LogP contribution in [0.1, 0.15) is 21.5 Å². The zero-order valence-corrected chi connectivity index (χ0v) is 8.45. The van der Waals surface area contributed by atoms with Gasteiger partial charge in [-0.3, -0.25) is 4.79 Å². The minimum atomic E-state index is -4.62. The van der Waals surface area contributed by atoms with Gasteiger partial charge in [0.25, 0.3) is 0 Å². The number of hydrogen-bond donors (Lipinski definition) is 3. The minimum Gasteiger partial charge on any atom is -0.382 e. The Labute approximate surface area is 94.1 Å². The molecule has 0 saturated heterocycles. The fraction of sp³-hybridized carbons (Fsp3) is 0.111. The molecule has 1 aromatic carbocycles. The van der Waals surface area contributed by atoms with Crippen molar-refractivity contribution in [2.45, 2.75) is 6.18 Å². The van der Waals surface area contributed by atoms with Crippen molar-refractivity contribution < 1.29 is 18.0 Å². The average Bonchev–Trinajstić information content (AvgIpc) is 2.26. The summed E-state index contributed by atoms with van der Waals surface area (Å²) in [4.78, 5) is 10.9. The number of hydrogen-bond acceptors (Lipinski definition) is 3. The molecule has 1 aromatic rings. The van der Waals surface area contributed by atoms with E-state index in [1.807, 2.05) is 0 Å². The highest BCUT2D eigenvalue weighted by Gasteiger charge is 2.31. The number of amidine groups is 1. The number of alkyl halides is 3. The number of nitrogens with two attached hydrogens (primary N) is 3. The summed E-state index contributed by atoms with van der Waals surface area (Å²) in [5, 5.41) is 3.06. The van der Waals surface area contributed by atoms with Gasteiger partial charge in [0.2, 0.25) is 5.91 Å². The highest BCUT2D eigenvalue weighted by atomic mass is 19.4. The maximum Gasteiger partial charge on any atom is 0.416 e. The zero-order valence-electron chi connectivity index (χ0n) is 8.45. The van der Waals surface area contributed by atoms with E-state index >= 15 is 0 Å². The summed E-state index contributed by atoms with van der Waals surface area (Å²) in [6.07, 6.45) is -4.62. The van der Waals surface area contributed by atoms with Gasteiger partial charge in [0.05, 0.1) is 5.56 Å². The quantitative estimate of drug-likeness (QED) is 0.304. The Kier molecular flexibility index (Phi) is 3.26. The smallest absolute Gasteiger partial charge is 0.382 e. The van der Waals surface area contributed by atoms with Gasteiger partial charge < -0.3 is 17.3 Å². The molecule has 0 aliphatic rings. The molecule has 0 aliphatic carbocycles. The van der Waals surface area contributed by atoms with E-state index in [1.54, 1.807) is 0 Å². The van der Waals surface area contributed by atoms with Gasteiger partial charge in [0, 0.05) is 11.1 Å². The molecule has 92 valence electrons. The van der Waals surface area contributed by atoms with E-state index < -0.39 is 17.6 Å². The van der Waals surface area contributed by atoms with Crippen LogP contribution in [0.2, 0.25) is 0 Å². The van der Waals surface area contributed by atoms with Crippen molar-refractivity contribution in [3.63, 3.8) is 0 Å². The van der Waals surface area contributed by atoms with Crippen LogP contribution in [0, 0.1) is 0 Å². The number of carbonyl (C=O) groups is 1. The highest BCUT2D eigenvalue weighted by Crippen LogP contribution is 2.30. The second-order valence-corrected chi connectivity index (χ2v) is 3.18. The number of amides is 1. The molecule has 0 unspecified atom stereocenters. The summed E-state index contributed by atoms with van der Waals surface area (Å²) in [7, 11) is 0. The van der Waals surface area contributed by atoms with Crippen LogP contribution in [0.25, 0.3) is 0 Å². The maximum atomic E-state index is 12.5. The number of nitrogens with zero attached hydrogens (tertiary/aromatic N) is 1. The van der Waals surface area contributed by atoms with Gasteiger partial charge in [-0.1, -0.05) is 0 Å². The van der Waals surface area contributed by atoms with Crippen molar-refractivity contribution >= 4 is 11.7 Å². The molecule has 17 heavy (non-hydrogen) atoms. The Morgan fingerprint density at radius 3 is 2.06 bits per heavy atom. The molecule has 0 radical (unpaired) electrons. The average molecular weight is 246 g/mol. The Morgan fingerprint density at radius 2 is 1.65 bits per heavy atom. The first kappa shape index (κ1) is 12.8. The number of benzene rings is 1. The lowest BCUT2D eigenvalue weighted by Gasteiger charge is -2.10. The molecule has 1 rings (SSSR count). The molecule has 6 N–H and O–H groups in total. The monoisotopic (exact) mass is 246 g/mol. The van der Waals surface area contributed by atoms with Gasteiger partial charge in [-0.15, -0.1) is 0 Å². The molecule has 1 amide bonds. The SMILES string of the molecule is N/N=C(\N)c1cc(C(N)=O)cc(C(F)(F)F)c1. The third-order valence-electron chi connectivity index (χ3n) is 1.98. The van der Waals surface area contributed by atoms with Crippen LogP contribution in [0.4, 0.5) is 13.2 Å². The predicted molar refractivity (Wildman–Crippen MR) is 54.9 cm³/mol. The van der Waals surface area contributed by atoms with E-state index in [0.717, 1.165) is 12.1 Å². The molecule has 0 bridgehead atoms. The molecule has 0 atom stereocenters. The fourth-order valence-corrected chi connectivity index (χ4v) is 1.16. The van der Waals surface area contributed by atoms with E-state index in [2.05, 4.69) is 5.10 Å². The molecule has 0 spiro atoms. The lowest BCUT2D eigenvalue weighted by Crippen LogP contribution is -2.20. The zero-order chi connectivity index (χ0) is 13.2. The Balaban J connectivity index is 3.45. The van der Waals surface area contributed by atoms with Crippen molar-refractivity contribution in [1.29, 1.82) is 0 Å². The number of rotatable bonds is 2. The summed E-state index contributed by atoms with van der Waals surface area (Å²) in [6.45, 7) is 0. The van der Waals surface area contributed by atoms with Crippen LogP contribution in [-0.4, -0.2) is 11.7 Å². The summed E-state index contributed by atoms with van der Waals surface area (Å²) in [5.74, 6) is 3.54. The third kappa shape index (κ3) is 2.86. The first-order valence-electron chi connectivity index (χ1n) is 4.31. The second kappa shape index (κ2) is 4.32. The summed E-state index contributed by atoms with van der Waals surface area (Å²) >= 11 is 0. The summed E-state index contributed by atoms with van der Waals surface area (Å²) < 4.78 is 37.5. The van der Waals surface area contributed by atoms with E-state index in [-0.39, 0.29) is 17.0 Å². The van der Waals surface area contributed by atoms with Gasteiger partial charge >= 0.3 is 6.18 Å². The van der Waals surface area contributed by atoms with E-state index in [9.17, 15) is 18.0 Å². The molecule has 0 aliphatic heterocycles. The lowest BCUT2D eigenvalue weighted by molar-refractivity contribution is -0.137. The standard InChI is InChI=1S/C9H9F3N4O/c10-9(11,12)6-2-4(7(13)16-15)1-5(3-6)8(14)17/h1-3H,15H2,(H2,13,16)(H2,14,17). The number of primary amides is 1. The molecular formula is C9H9F3N4O. The Hall–Kier alpha value is -2.25. The normalized spacial score (nSPS) is 12.5. The van der Waals surface area contributed by atoms with Gasteiger partial charge in [0.15, 0.2) is 0 Å². The van der Waals surface area contributed by atoms with E-state index in [4.69, 9.17) is 17.3 Å². The van der Waals surface area contributed by atoms with Crippen molar-refractivity contribution in [2.24, 2.45) is 22.4 Å². The molecule has 0 aromatic heterocycles. The highest BCUT2D eigenvalue weighted by molar-refractivity contribution is 6.01. The molecule has 0 heterocycles. The molecule has 5 nitrogen and oxygen atoms in total.